The summed E-state index contributed by atoms with van der Waals surface area (Å²) >= 11 is 0. The number of para-hydroxylation sites is 1. The first kappa shape index (κ1) is 15.0. The predicted octanol–water partition coefficient (Wildman–Crippen LogP) is -0.0807. The summed E-state index contributed by atoms with van der Waals surface area (Å²) in [7, 11) is 0. The molecule has 0 bridgehead atoms. The average Bonchev–Trinajstić information content (AvgIpc) is 2.85. The van der Waals surface area contributed by atoms with Crippen molar-refractivity contribution < 1.29 is 24.2 Å². The highest BCUT2D eigenvalue weighted by molar-refractivity contribution is 6.12. The van der Waals surface area contributed by atoms with E-state index in [0.717, 1.165) is 10.5 Å². The van der Waals surface area contributed by atoms with Crippen molar-refractivity contribution in [1.82, 2.24) is 0 Å². The van der Waals surface area contributed by atoms with Gasteiger partial charge < -0.3 is 15.6 Å². The summed E-state index contributed by atoms with van der Waals surface area (Å²) < 4.78 is 4.71. The topological polar surface area (TPSA) is 110 Å². The standard InChI is InChI=1S/C14H16N2O5/c1-2-21-14(20)11(15)12(17)16-9-6-4-3-5-8(9)7-10(16)13(18)19/h3-6,10-11H,2,7,15H2,1H3,(H,18,19). The lowest BCUT2D eigenvalue weighted by Gasteiger charge is -2.24. The van der Waals surface area contributed by atoms with Gasteiger partial charge in [0, 0.05) is 12.1 Å². The van der Waals surface area contributed by atoms with E-state index in [1.807, 2.05) is 0 Å². The van der Waals surface area contributed by atoms with Crippen LogP contribution in [-0.2, 0) is 25.5 Å². The van der Waals surface area contributed by atoms with Gasteiger partial charge in [-0.15, -0.1) is 0 Å². The molecule has 0 saturated heterocycles. The van der Waals surface area contributed by atoms with Gasteiger partial charge in [-0.1, -0.05) is 18.2 Å². The van der Waals surface area contributed by atoms with Gasteiger partial charge in [0.05, 0.1) is 6.61 Å². The van der Waals surface area contributed by atoms with Crippen LogP contribution in [0.25, 0.3) is 0 Å². The molecule has 0 radical (unpaired) electrons. The molecule has 0 saturated carbocycles. The minimum absolute atomic E-state index is 0.0960. The lowest BCUT2D eigenvalue weighted by Crippen LogP contribution is -2.53. The largest absolute Gasteiger partial charge is 0.480 e. The van der Waals surface area contributed by atoms with Crippen LogP contribution >= 0.6 is 0 Å². The van der Waals surface area contributed by atoms with Gasteiger partial charge in [-0.3, -0.25) is 9.69 Å². The maximum atomic E-state index is 12.4. The maximum Gasteiger partial charge on any atom is 0.332 e. The number of hydrogen-bond donors (Lipinski definition) is 2. The number of benzene rings is 1. The van der Waals surface area contributed by atoms with Crippen molar-refractivity contribution in [3.63, 3.8) is 0 Å². The molecule has 2 rings (SSSR count). The lowest BCUT2D eigenvalue weighted by atomic mass is 10.1. The summed E-state index contributed by atoms with van der Waals surface area (Å²) in [6, 6.07) is 4.24. The summed E-state index contributed by atoms with van der Waals surface area (Å²) in [6.07, 6.45) is 0.187. The van der Waals surface area contributed by atoms with Crippen molar-refractivity contribution in [2.45, 2.75) is 25.4 Å². The summed E-state index contributed by atoms with van der Waals surface area (Å²) in [5.74, 6) is -2.78. The fourth-order valence-corrected chi connectivity index (χ4v) is 2.34. The third kappa shape index (κ3) is 2.73. The number of carboxylic acids is 1. The van der Waals surface area contributed by atoms with E-state index in [-0.39, 0.29) is 13.0 Å². The van der Waals surface area contributed by atoms with E-state index in [1.54, 1.807) is 31.2 Å². The molecule has 2 atom stereocenters. The Morgan fingerprint density at radius 1 is 1.43 bits per heavy atom. The van der Waals surface area contributed by atoms with Crippen molar-refractivity contribution in [2.75, 3.05) is 11.5 Å². The van der Waals surface area contributed by atoms with Gasteiger partial charge in [-0.2, -0.15) is 0 Å². The number of esters is 1. The second-order valence-corrected chi connectivity index (χ2v) is 4.62. The first-order valence-corrected chi connectivity index (χ1v) is 6.53. The number of rotatable bonds is 4. The Bertz CT molecular complexity index is 586. The smallest absolute Gasteiger partial charge is 0.332 e. The fraction of sp³-hybridized carbons (Fsp3) is 0.357. The predicted molar refractivity (Wildman–Crippen MR) is 73.7 cm³/mol. The Kier molecular flexibility index (Phi) is 4.23. The molecule has 7 heteroatoms. The fourth-order valence-electron chi connectivity index (χ4n) is 2.34. The number of ether oxygens (including phenoxy) is 1. The van der Waals surface area contributed by atoms with Gasteiger partial charge in [0.15, 0.2) is 6.04 Å². The number of aliphatic carboxylic acids is 1. The Labute approximate surface area is 121 Å². The van der Waals surface area contributed by atoms with E-state index in [9.17, 15) is 19.5 Å². The first-order chi connectivity index (χ1) is 9.97. The minimum Gasteiger partial charge on any atom is -0.480 e. The van der Waals surface area contributed by atoms with Gasteiger partial charge in [0.1, 0.15) is 6.04 Å². The lowest BCUT2D eigenvalue weighted by molar-refractivity contribution is -0.148. The second kappa shape index (κ2) is 5.92. The number of nitrogens with zero attached hydrogens (tertiary/aromatic N) is 1. The molecule has 1 aromatic carbocycles. The van der Waals surface area contributed by atoms with E-state index in [0.29, 0.717) is 5.69 Å². The highest BCUT2D eigenvalue weighted by Gasteiger charge is 2.41. The van der Waals surface area contributed by atoms with Gasteiger partial charge >= 0.3 is 11.9 Å². The molecular weight excluding hydrogens is 276 g/mol. The Morgan fingerprint density at radius 2 is 2.10 bits per heavy atom. The highest BCUT2D eigenvalue weighted by Crippen LogP contribution is 2.32. The second-order valence-electron chi connectivity index (χ2n) is 4.62. The molecule has 0 aliphatic carbocycles. The van der Waals surface area contributed by atoms with Crippen molar-refractivity contribution in [1.29, 1.82) is 0 Å². The molecule has 3 N–H and O–H groups in total. The molecule has 1 aliphatic rings. The molecule has 21 heavy (non-hydrogen) atoms. The van der Waals surface area contributed by atoms with Crippen molar-refractivity contribution >= 4 is 23.5 Å². The summed E-state index contributed by atoms with van der Waals surface area (Å²) in [6.45, 7) is 1.69. The van der Waals surface area contributed by atoms with Gasteiger partial charge in [0.25, 0.3) is 5.91 Å². The number of hydrogen-bond acceptors (Lipinski definition) is 5. The molecule has 0 fully saturated rings. The van der Waals surface area contributed by atoms with Crippen LogP contribution in [0.3, 0.4) is 0 Å². The molecular formula is C14H16N2O5. The van der Waals surface area contributed by atoms with E-state index >= 15 is 0 Å². The van der Waals surface area contributed by atoms with Gasteiger partial charge in [-0.25, -0.2) is 9.59 Å². The monoisotopic (exact) mass is 292 g/mol. The molecule has 1 heterocycles. The van der Waals surface area contributed by atoms with Crippen LogP contribution < -0.4 is 10.6 Å². The van der Waals surface area contributed by atoms with Gasteiger partial charge in [-0.05, 0) is 18.6 Å². The molecule has 0 aromatic heterocycles. The van der Waals surface area contributed by atoms with Crippen molar-refractivity contribution in [2.24, 2.45) is 5.73 Å². The van der Waals surface area contributed by atoms with Crippen molar-refractivity contribution in [3.05, 3.63) is 29.8 Å². The van der Waals surface area contributed by atoms with Crippen LogP contribution in [0.1, 0.15) is 12.5 Å². The molecule has 1 amide bonds. The van der Waals surface area contributed by atoms with Crippen LogP contribution in [0.5, 0.6) is 0 Å². The minimum atomic E-state index is -1.53. The Balaban J connectivity index is 2.32. The normalized spacial score (nSPS) is 18.0. The molecule has 2 unspecified atom stereocenters. The van der Waals surface area contributed by atoms with E-state index in [2.05, 4.69) is 0 Å². The Morgan fingerprint density at radius 3 is 2.71 bits per heavy atom. The first-order valence-electron chi connectivity index (χ1n) is 6.53. The zero-order valence-corrected chi connectivity index (χ0v) is 11.5. The number of carbonyl (C=O) groups excluding carboxylic acids is 2. The number of amides is 1. The van der Waals surface area contributed by atoms with Crippen LogP contribution in [-0.4, -0.2) is 41.6 Å². The van der Waals surface area contributed by atoms with Crippen molar-refractivity contribution in [3.8, 4) is 0 Å². The summed E-state index contributed by atoms with van der Waals surface area (Å²) in [5.41, 5.74) is 6.79. The van der Waals surface area contributed by atoms with E-state index in [1.165, 1.54) is 0 Å². The number of carbonyl (C=O) groups is 3. The summed E-state index contributed by atoms with van der Waals surface area (Å²) in [5, 5.41) is 9.28. The molecule has 7 nitrogen and oxygen atoms in total. The molecule has 112 valence electrons. The average molecular weight is 292 g/mol. The Hall–Kier alpha value is -2.41. The SMILES string of the molecule is CCOC(=O)C(N)C(=O)N1c2ccccc2CC1C(=O)O. The summed E-state index contributed by atoms with van der Waals surface area (Å²) in [4.78, 5) is 36.4. The molecule has 1 aromatic rings. The van der Waals surface area contributed by atoms with Crippen LogP contribution in [0, 0.1) is 0 Å². The third-order valence-corrected chi connectivity index (χ3v) is 3.31. The van der Waals surface area contributed by atoms with Crippen LogP contribution in [0.15, 0.2) is 24.3 Å². The van der Waals surface area contributed by atoms with Gasteiger partial charge in [0.2, 0.25) is 0 Å². The number of carboxylic acid groups (broad SMARTS) is 1. The van der Waals surface area contributed by atoms with E-state index in [4.69, 9.17) is 10.5 Å². The number of anilines is 1. The maximum absolute atomic E-state index is 12.4. The number of nitrogens with two attached hydrogens (primary N) is 1. The molecule has 0 spiro atoms. The quantitative estimate of drug-likeness (QED) is 0.593. The molecule has 1 aliphatic heterocycles. The van der Waals surface area contributed by atoms with Crippen LogP contribution in [0.4, 0.5) is 5.69 Å². The zero-order valence-electron chi connectivity index (χ0n) is 11.5. The van der Waals surface area contributed by atoms with Crippen LogP contribution in [0.2, 0.25) is 0 Å². The third-order valence-electron chi connectivity index (χ3n) is 3.31. The highest BCUT2D eigenvalue weighted by atomic mass is 16.5. The number of fused-ring (bicyclic) bond motifs is 1. The van der Waals surface area contributed by atoms with E-state index < -0.39 is 29.9 Å². The zero-order chi connectivity index (χ0) is 15.6.